The van der Waals surface area contributed by atoms with Gasteiger partial charge in [0.05, 0.1) is 4.90 Å². The van der Waals surface area contributed by atoms with Crippen molar-refractivity contribution < 1.29 is 8.42 Å². The highest BCUT2D eigenvalue weighted by Gasteiger charge is 2.20. The van der Waals surface area contributed by atoms with Crippen molar-refractivity contribution in [3.63, 3.8) is 0 Å². The SMILES string of the molecule is Cc1c(N)cc(S(=O)(=O)NC(C)c2ccncc2)cc1Cl. The molecule has 112 valence electrons. The minimum atomic E-state index is -3.70. The quantitative estimate of drug-likeness (QED) is 0.846. The Labute approximate surface area is 129 Å². The molecule has 0 radical (unpaired) electrons. The highest BCUT2D eigenvalue weighted by molar-refractivity contribution is 7.89. The molecule has 0 aliphatic heterocycles. The third-order valence-electron chi connectivity index (χ3n) is 3.21. The summed E-state index contributed by atoms with van der Waals surface area (Å²) in [5, 5.41) is 0.326. The standard InChI is InChI=1S/C14H16ClN3O2S/c1-9-13(15)7-12(8-14(9)16)21(19,20)18-10(2)11-3-5-17-6-4-11/h3-8,10,18H,16H2,1-2H3. The molecule has 0 saturated heterocycles. The first-order chi connectivity index (χ1) is 9.81. The van der Waals surface area contributed by atoms with E-state index in [1.54, 1.807) is 38.4 Å². The molecule has 3 N–H and O–H groups in total. The second-order valence-corrected chi connectivity index (χ2v) is 6.86. The number of aromatic nitrogens is 1. The summed E-state index contributed by atoms with van der Waals surface area (Å²) < 4.78 is 27.4. The van der Waals surface area contributed by atoms with Crippen LogP contribution in [0.4, 0.5) is 5.69 Å². The molecule has 0 aliphatic carbocycles. The van der Waals surface area contributed by atoms with Gasteiger partial charge in [-0.2, -0.15) is 0 Å². The lowest BCUT2D eigenvalue weighted by atomic mass is 10.1. The van der Waals surface area contributed by atoms with Crippen molar-refractivity contribution >= 4 is 27.3 Å². The number of nitrogen functional groups attached to an aromatic ring is 1. The smallest absolute Gasteiger partial charge is 0.241 e. The molecule has 1 atom stereocenters. The first kappa shape index (κ1) is 15.8. The van der Waals surface area contributed by atoms with Gasteiger partial charge >= 0.3 is 0 Å². The molecular formula is C14H16ClN3O2S. The average Bonchev–Trinajstić information content (AvgIpc) is 2.44. The van der Waals surface area contributed by atoms with Gasteiger partial charge in [-0.15, -0.1) is 0 Å². The van der Waals surface area contributed by atoms with Crippen molar-refractivity contribution in [2.75, 3.05) is 5.73 Å². The van der Waals surface area contributed by atoms with E-state index in [0.29, 0.717) is 16.3 Å². The van der Waals surface area contributed by atoms with E-state index < -0.39 is 10.0 Å². The molecule has 1 unspecified atom stereocenters. The summed E-state index contributed by atoms with van der Waals surface area (Å²) in [5.41, 5.74) is 7.61. The largest absolute Gasteiger partial charge is 0.398 e. The van der Waals surface area contributed by atoms with E-state index in [0.717, 1.165) is 5.56 Å². The number of hydrogen-bond donors (Lipinski definition) is 2. The van der Waals surface area contributed by atoms with Gasteiger partial charge in [0.2, 0.25) is 10.0 Å². The molecule has 0 bridgehead atoms. The number of sulfonamides is 1. The Hall–Kier alpha value is -1.63. The lowest BCUT2D eigenvalue weighted by Crippen LogP contribution is -2.27. The summed E-state index contributed by atoms with van der Waals surface area (Å²) in [6.45, 7) is 3.49. The monoisotopic (exact) mass is 325 g/mol. The Balaban J connectivity index is 2.31. The van der Waals surface area contributed by atoms with Crippen LogP contribution >= 0.6 is 11.6 Å². The molecule has 1 aromatic carbocycles. The molecule has 1 heterocycles. The lowest BCUT2D eigenvalue weighted by molar-refractivity contribution is 0.567. The molecule has 5 nitrogen and oxygen atoms in total. The third-order valence-corrected chi connectivity index (χ3v) is 5.12. The zero-order valence-electron chi connectivity index (χ0n) is 11.7. The molecule has 0 fully saturated rings. The number of rotatable bonds is 4. The maximum absolute atomic E-state index is 12.4. The molecule has 1 aromatic heterocycles. The number of nitrogens with two attached hydrogens (primary N) is 1. The second-order valence-electron chi connectivity index (χ2n) is 4.74. The van der Waals surface area contributed by atoms with Crippen molar-refractivity contribution in [3.05, 3.63) is 52.8 Å². The van der Waals surface area contributed by atoms with Gasteiger partial charge in [-0.3, -0.25) is 4.98 Å². The van der Waals surface area contributed by atoms with Crippen LogP contribution in [0.25, 0.3) is 0 Å². The summed E-state index contributed by atoms with van der Waals surface area (Å²) in [7, 11) is -3.70. The highest BCUT2D eigenvalue weighted by Crippen LogP contribution is 2.26. The average molecular weight is 326 g/mol. The van der Waals surface area contributed by atoms with Crippen molar-refractivity contribution in [1.82, 2.24) is 9.71 Å². The van der Waals surface area contributed by atoms with Crippen LogP contribution in [0.1, 0.15) is 24.1 Å². The lowest BCUT2D eigenvalue weighted by Gasteiger charge is -2.15. The number of anilines is 1. The number of hydrogen-bond acceptors (Lipinski definition) is 4. The number of pyridine rings is 1. The number of benzene rings is 1. The van der Waals surface area contributed by atoms with Crippen LogP contribution in [0, 0.1) is 6.92 Å². The molecule has 7 heteroatoms. The van der Waals surface area contributed by atoms with Crippen LogP contribution in [0.5, 0.6) is 0 Å². The Morgan fingerprint density at radius 3 is 2.48 bits per heavy atom. The van der Waals surface area contributed by atoms with Gasteiger partial charge in [0, 0.05) is 29.1 Å². The highest BCUT2D eigenvalue weighted by atomic mass is 35.5. The topological polar surface area (TPSA) is 85.1 Å². The van der Waals surface area contributed by atoms with Crippen LogP contribution in [0.2, 0.25) is 5.02 Å². The molecule has 0 amide bonds. The van der Waals surface area contributed by atoms with E-state index in [1.165, 1.54) is 12.1 Å². The minimum absolute atomic E-state index is 0.0523. The van der Waals surface area contributed by atoms with Crippen molar-refractivity contribution in [2.45, 2.75) is 24.8 Å². The van der Waals surface area contributed by atoms with Crippen LogP contribution < -0.4 is 10.5 Å². The molecule has 0 saturated carbocycles. The van der Waals surface area contributed by atoms with E-state index in [9.17, 15) is 8.42 Å². The van der Waals surface area contributed by atoms with E-state index in [4.69, 9.17) is 17.3 Å². The van der Waals surface area contributed by atoms with Crippen molar-refractivity contribution in [2.24, 2.45) is 0 Å². The first-order valence-corrected chi connectivity index (χ1v) is 8.15. The Morgan fingerprint density at radius 2 is 1.90 bits per heavy atom. The Kier molecular flexibility index (Phi) is 4.51. The summed E-state index contributed by atoms with van der Waals surface area (Å²) in [6.07, 6.45) is 3.22. The molecule has 0 spiro atoms. The predicted molar refractivity (Wildman–Crippen MR) is 83.6 cm³/mol. The number of halogens is 1. The minimum Gasteiger partial charge on any atom is -0.398 e. The van der Waals surface area contributed by atoms with E-state index in [2.05, 4.69) is 9.71 Å². The fourth-order valence-electron chi connectivity index (χ4n) is 1.85. The summed E-state index contributed by atoms with van der Waals surface area (Å²) >= 11 is 6.00. The maximum atomic E-state index is 12.4. The predicted octanol–water partition coefficient (Wildman–Crippen LogP) is 2.67. The molecule has 21 heavy (non-hydrogen) atoms. The summed E-state index contributed by atoms with van der Waals surface area (Å²) in [6, 6.07) is 5.92. The van der Waals surface area contributed by atoms with Gasteiger partial charge < -0.3 is 5.73 Å². The zero-order chi connectivity index (χ0) is 15.6. The second kappa shape index (κ2) is 6.01. The van der Waals surface area contributed by atoms with Gasteiger partial charge in [-0.1, -0.05) is 11.6 Å². The zero-order valence-corrected chi connectivity index (χ0v) is 13.2. The normalized spacial score (nSPS) is 13.1. The van der Waals surface area contributed by atoms with Crippen molar-refractivity contribution in [3.8, 4) is 0 Å². The third kappa shape index (κ3) is 3.53. The fourth-order valence-corrected chi connectivity index (χ4v) is 3.43. The molecular weight excluding hydrogens is 310 g/mol. The van der Waals surface area contributed by atoms with Gasteiger partial charge in [0.1, 0.15) is 0 Å². The first-order valence-electron chi connectivity index (χ1n) is 6.29. The summed E-state index contributed by atoms with van der Waals surface area (Å²) in [4.78, 5) is 3.96. The van der Waals surface area contributed by atoms with Crippen molar-refractivity contribution in [1.29, 1.82) is 0 Å². The van der Waals surface area contributed by atoms with E-state index in [1.807, 2.05) is 0 Å². The number of nitrogens with zero attached hydrogens (tertiary/aromatic N) is 1. The van der Waals surface area contributed by atoms with Crippen LogP contribution in [-0.4, -0.2) is 13.4 Å². The Bertz CT molecular complexity index is 725. The van der Waals surface area contributed by atoms with Gasteiger partial charge in [0.25, 0.3) is 0 Å². The fraction of sp³-hybridized carbons (Fsp3) is 0.214. The van der Waals surface area contributed by atoms with Gasteiger partial charge in [-0.25, -0.2) is 13.1 Å². The Morgan fingerprint density at radius 1 is 1.29 bits per heavy atom. The molecule has 2 rings (SSSR count). The van der Waals surface area contributed by atoms with Crippen LogP contribution in [0.15, 0.2) is 41.6 Å². The molecule has 0 aliphatic rings. The summed E-state index contributed by atoms with van der Waals surface area (Å²) in [5.74, 6) is 0. The van der Waals surface area contributed by atoms with Gasteiger partial charge in [0.15, 0.2) is 0 Å². The van der Waals surface area contributed by atoms with Gasteiger partial charge in [-0.05, 0) is 49.2 Å². The molecule has 2 aromatic rings. The maximum Gasteiger partial charge on any atom is 0.241 e. The van der Waals surface area contributed by atoms with Crippen LogP contribution in [-0.2, 0) is 10.0 Å². The van der Waals surface area contributed by atoms with E-state index >= 15 is 0 Å². The van der Waals surface area contributed by atoms with E-state index in [-0.39, 0.29) is 10.9 Å². The van der Waals surface area contributed by atoms with Crippen LogP contribution in [0.3, 0.4) is 0 Å². The number of nitrogens with one attached hydrogen (secondary N) is 1.